The van der Waals surface area contributed by atoms with Gasteiger partial charge in [0, 0.05) is 25.8 Å². The molecule has 0 aliphatic rings. The second-order valence-corrected chi connectivity index (χ2v) is 3.70. The molecule has 0 saturated heterocycles. The molecule has 0 aliphatic carbocycles. The van der Waals surface area contributed by atoms with Gasteiger partial charge in [-0.2, -0.15) is 0 Å². The average molecular weight is 208 g/mol. The lowest BCUT2D eigenvalue weighted by molar-refractivity contribution is 0.310. The Morgan fingerprint density at radius 3 is 2.80 bits per heavy atom. The van der Waals surface area contributed by atoms with Crippen LogP contribution >= 0.6 is 0 Å². The van der Waals surface area contributed by atoms with Crippen molar-refractivity contribution in [3.05, 3.63) is 24.3 Å². The topological polar surface area (TPSA) is 24.5 Å². The smallest absolute Gasteiger partial charge is 0.121 e. The van der Waals surface area contributed by atoms with E-state index in [2.05, 4.69) is 22.3 Å². The molecule has 0 spiro atoms. The van der Waals surface area contributed by atoms with Crippen molar-refractivity contribution < 1.29 is 4.74 Å². The highest BCUT2D eigenvalue weighted by Crippen LogP contribution is 2.19. The Hall–Kier alpha value is -1.22. The maximum absolute atomic E-state index is 5.63. The molecular weight excluding hydrogens is 188 g/mol. The van der Waals surface area contributed by atoms with Crippen LogP contribution in [0.2, 0.25) is 0 Å². The summed E-state index contributed by atoms with van der Waals surface area (Å²) in [6.45, 7) is 1.76. The third-order valence-electron chi connectivity index (χ3n) is 2.17. The summed E-state index contributed by atoms with van der Waals surface area (Å²) in [7, 11) is 6.01. The molecule has 1 aromatic carbocycles. The predicted molar refractivity (Wildman–Crippen MR) is 64.8 cm³/mol. The lowest BCUT2D eigenvalue weighted by Gasteiger charge is -2.14. The van der Waals surface area contributed by atoms with E-state index in [1.54, 1.807) is 0 Å². The Balaban J connectivity index is 2.43. The molecule has 84 valence electrons. The summed E-state index contributed by atoms with van der Waals surface area (Å²) in [6.07, 6.45) is 1.03. The van der Waals surface area contributed by atoms with Crippen molar-refractivity contribution in [2.24, 2.45) is 0 Å². The van der Waals surface area contributed by atoms with Crippen molar-refractivity contribution in [3.63, 3.8) is 0 Å². The highest BCUT2D eigenvalue weighted by atomic mass is 16.5. The summed E-state index contributed by atoms with van der Waals surface area (Å²) >= 11 is 0. The normalized spacial score (nSPS) is 10.1. The first-order valence-electron chi connectivity index (χ1n) is 5.29. The fourth-order valence-corrected chi connectivity index (χ4v) is 1.29. The maximum atomic E-state index is 5.63. The molecular formula is C12H20N2O. The molecule has 3 nitrogen and oxygen atoms in total. The van der Waals surface area contributed by atoms with Crippen LogP contribution in [0.1, 0.15) is 6.42 Å². The first-order chi connectivity index (χ1) is 7.24. The minimum absolute atomic E-state index is 0.762. The summed E-state index contributed by atoms with van der Waals surface area (Å²) in [5, 5.41) is 3.10. The highest BCUT2D eigenvalue weighted by molar-refractivity contribution is 5.49. The van der Waals surface area contributed by atoms with Gasteiger partial charge in [-0.15, -0.1) is 0 Å². The molecule has 3 heteroatoms. The van der Waals surface area contributed by atoms with Gasteiger partial charge in [0.25, 0.3) is 0 Å². The van der Waals surface area contributed by atoms with E-state index in [1.165, 1.54) is 5.69 Å². The van der Waals surface area contributed by atoms with Crippen LogP contribution in [-0.2, 0) is 0 Å². The number of benzene rings is 1. The van der Waals surface area contributed by atoms with E-state index in [1.807, 2.05) is 33.3 Å². The van der Waals surface area contributed by atoms with Gasteiger partial charge in [0.1, 0.15) is 5.75 Å². The van der Waals surface area contributed by atoms with Crippen LogP contribution in [0.4, 0.5) is 5.69 Å². The third-order valence-corrected chi connectivity index (χ3v) is 2.17. The van der Waals surface area contributed by atoms with Crippen molar-refractivity contribution in [2.45, 2.75) is 6.42 Å². The fraction of sp³-hybridized carbons (Fsp3) is 0.500. The summed E-state index contributed by atoms with van der Waals surface area (Å²) < 4.78 is 5.63. The molecule has 1 rings (SSSR count). The molecule has 0 amide bonds. The van der Waals surface area contributed by atoms with Gasteiger partial charge in [-0.3, -0.25) is 0 Å². The lowest BCUT2D eigenvalue weighted by atomic mass is 10.3. The number of rotatable bonds is 6. The number of hydrogen-bond acceptors (Lipinski definition) is 3. The monoisotopic (exact) mass is 208 g/mol. The Kier molecular flexibility index (Phi) is 4.98. The number of nitrogens with zero attached hydrogens (tertiary/aromatic N) is 1. The van der Waals surface area contributed by atoms with E-state index in [0.29, 0.717) is 0 Å². The Morgan fingerprint density at radius 2 is 2.13 bits per heavy atom. The summed E-state index contributed by atoms with van der Waals surface area (Å²) in [5.41, 5.74) is 1.17. The standard InChI is InChI=1S/C12H20N2O/c1-13-8-5-9-15-12-7-4-6-11(10-12)14(2)3/h4,6-7,10,13H,5,8-9H2,1-3H3. The van der Waals surface area contributed by atoms with Gasteiger partial charge in [-0.1, -0.05) is 6.07 Å². The van der Waals surface area contributed by atoms with Gasteiger partial charge in [-0.25, -0.2) is 0 Å². The predicted octanol–water partition coefficient (Wildman–Crippen LogP) is 1.74. The average Bonchev–Trinajstić information content (AvgIpc) is 2.25. The van der Waals surface area contributed by atoms with Crippen LogP contribution in [0, 0.1) is 0 Å². The van der Waals surface area contributed by atoms with E-state index in [9.17, 15) is 0 Å². The summed E-state index contributed by atoms with van der Waals surface area (Å²) in [5.74, 6) is 0.942. The van der Waals surface area contributed by atoms with E-state index < -0.39 is 0 Å². The Bertz CT molecular complexity index is 287. The summed E-state index contributed by atoms with van der Waals surface area (Å²) in [6, 6.07) is 8.13. The van der Waals surface area contributed by atoms with Crippen molar-refractivity contribution in [3.8, 4) is 5.75 Å². The fourth-order valence-electron chi connectivity index (χ4n) is 1.29. The van der Waals surface area contributed by atoms with E-state index in [-0.39, 0.29) is 0 Å². The molecule has 0 atom stereocenters. The number of nitrogens with one attached hydrogen (secondary N) is 1. The largest absolute Gasteiger partial charge is 0.493 e. The second kappa shape index (κ2) is 6.30. The van der Waals surface area contributed by atoms with Gasteiger partial charge >= 0.3 is 0 Å². The van der Waals surface area contributed by atoms with E-state index in [0.717, 1.165) is 25.3 Å². The molecule has 0 heterocycles. The first kappa shape index (κ1) is 11.9. The van der Waals surface area contributed by atoms with Crippen LogP contribution < -0.4 is 15.0 Å². The Labute approximate surface area is 92.0 Å². The van der Waals surface area contributed by atoms with Gasteiger partial charge in [-0.05, 0) is 32.1 Å². The molecule has 1 N–H and O–H groups in total. The molecule has 1 aromatic rings. The number of ether oxygens (including phenoxy) is 1. The third kappa shape index (κ3) is 4.21. The van der Waals surface area contributed by atoms with Crippen LogP contribution in [-0.4, -0.2) is 34.3 Å². The minimum atomic E-state index is 0.762. The van der Waals surface area contributed by atoms with Crippen LogP contribution in [0.25, 0.3) is 0 Å². The van der Waals surface area contributed by atoms with E-state index in [4.69, 9.17) is 4.74 Å². The molecule has 0 radical (unpaired) electrons. The molecule has 0 unspecified atom stereocenters. The Morgan fingerprint density at radius 1 is 1.33 bits per heavy atom. The molecule has 15 heavy (non-hydrogen) atoms. The molecule has 0 fully saturated rings. The SMILES string of the molecule is CNCCCOc1cccc(N(C)C)c1. The maximum Gasteiger partial charge on any atom is 0.121 e. The van der Waals surface area contributed by atoms with Crippen LogP contribution in [0.5, 0.6) is 5.75 Å². The van der Waals surface area contributed by atoms with Crippen molar-refractivity contribution in [1.29, 1.82) is 0 Å². The van der Waals surface area contributed by atoms with Gasteiger partial charge in [0.05, 0.1) is 6.61 Å². The zero-order chi connectivity index (χ0) is 11.1. The second-order valence-electron chi connectivity index (χ2n) is 3.70. The van der Waals surface area contributed by atoms with Crippen molar-refractivity contribution >= 4 is 5.69 Å². The molecule has 0 aliphatic heterocycles. The van der Waals surface area contributed by atoms with Crippen LogP contribution in [0.15, 0.2) is 24.3 Å². The first-order valence-corrected chi connectivity index (χ1v) is 5.29. The number of anilines is 1. The molecule has 0 bridgehead atoms. The highest BCUT2D eigenvalue weighted by Gasteiger charge is 1.97. The van der Waals surface area contributed by atoms with Crippen molar-refractivity contribution in [1.82, 2.24) is 5.32 Å². The zero-order valence-corrected chi connectivity index (χ0v) is 9.79. The molecule has 0 aromatic heterocycles. The van der Waals surface area contributed by atoms with E-state index >= 15 is 0 Å². The number of hydrogen-bond donors (Lipinski definition) is 1. The van der Waals surface area contributed by atoms with Gasteiger partial charge in [0.15, 0.2) is 0 Å². The molecule has 0 saturated carbocycles. The quantitative estimate of drug-likeness (QED) is 0.721. The van der Waals surface area contributed by atoms with Crippen LogP contribution in [0.3, 0.4) is 0 Å². The minimum Gasteiger partial charge on any atom is -0.493 e. The lowest BCUT2D eigenvalue weighted by Crippen LogP contribution is -2.12. The van der Waals surface area contributed by atoms with Gasteiger partial charge in [0.2, 0.25) is 0 Å². The van der Waals surface area contributed by atoms with Crippen molar-refractivity contribution in [2.75, 3.05) is 39.2 Å². The van der Waals surface area contributed by atoms with Gasteiger partial charge < -0.3 is 15.0 Å². The summed E-state index contributed by atoms with van der Waals surface area (Å²) in [4.78, 5) is 2.07. The zero-order valence-electron chi connectivity index (χ0n) is 9.79.